The lowest BCUT2D eigenvalue weighted by molar-refractivity contribution is 0.0695. The van der Waals surface area contributed by atoms with Crippen LogP contribution in [0.4, 0.5) is 5.69 Å². The zero-order valence-corrected chi connectivity index (χ0v) is 14.3. The summed E-state index contributed by atoms with van der Waals surface area (Å²) in [6.07, 6.45) is 3.17. The maximum absolute atomic E-state index is 12.5. The van der Waals surface area contributed by atoms with Gasteiger partial charge in [0.05, 0.1) is 5.52 Å². The topological polar surface area (TPSA) is 98.2 Å². The standard InChI is InChI=1S/C19H19N3O3/c1-4-22-9-15(19(24)25)18(23)14-6-16(20)13(7-17(14)22)12-5-11(3)21-8-10(12)2/h5-9H,4,20H2,1-3H3,(H,24,25). The Hall–Kier alpha value is -3.15. The van der Waals surface area contributed by atoms with E-state index in [1.807, 2.05) is 32.9 Å². The molecule has 128 valence electrons. The van der Waals surface area contributed by atoms with Crippen LogP contribution in [0.3, 0.4) is 0 Å². The van der Waals surface area contributed by atoms with Gasteiger partial charge in [-0.25, -0.2) is 4.79 Å². The highest BCUT2D eigenvalue weighted by molar-refractivity contribution is 5.96. The van der Waals surface area contributed by atoms with Gasteiger partial charge in [0.25, 0.3) is 0 Å². The highest BCUT2D eigenvalue weighted by Gasteiger charge is 2.17. The Balaban J connectivity index is 2.40. The fourth-order valence-corrected chi connectivity index (χ4v) is 3.02. The minimum absolute atomic E-state index is 0.252. The van der Waals surface area contributed by atoms with Crippen molar-refractivity contribution >= 4 is 22.6 Å². The lowest BCUT2D eigenvalue weighted by atomic mass is 9.97. The zero-order chi connectivity index (χ0) is 18.3. The minimum Gasteiger partial charge on any atom is -0.477 e. The summed E-state index contributed by atoms with van der Waals surface area (Å²) in [5.41, 5.74) is 10.1. The molecular formula is C19H19N3O3. The number of hydrogen-bond donors (Lipinski definition) is 2. The van der Waals surface area contributed by atoms with Crippen LogP contribution in [0.1, 0.15) is 28.5 Å². The summed E-state index contributed by atoms with van der Waals surface area (Å²) >= 11 is 0. The van der Waals surface area contributed by atoms with Crippen LogP contribution in [0.25, 0.3) is 22.0 Å². The Kier molecular flexibility index (Phi) is 4.04. The molecule has 0 aliphatic heterocycles. The molecule has 0 saturated carbocycles. The summed E-state index contributed by atoms with van der Waals surface area (Å²) in [4.78, 5) is 28.1. The molecule has 0 atom stereocenters. The molecule has 0 aliphatic rings. The maximum Gasteiger partial charge on any atom is 0.341 e. The first kappa shape index (κ1) is 16.7. The number of fused-ring (bicyclic) bond motifs is 1. The third kappa shape index (κ3) is 2.76. The third-order valence-electron chi connectivity index (χ3n) is 4.35. The molecule has 3 aromatic rings. The van der Waals surface area contributed by atoms with E-state index in [0.717, 1.165) is 22.4 Å². The van der Waals surface area contributed by atoms with Gasteiger partial charge in [-0.05, 0) is 50.1 Å². The molecule has 0 radical (unpaired) electrons. The molecule has 6 heteroatoms. The number of carboxylic acids is 1. The first-order valence-corrected chi connectivity index (χ1v) is 7.97. The summed E-state index contributed by atoms with van der Waals surface area (Å²) in [6.45, 7) is 6.29. The molecule has 3 rings (SSSR count). The van der Waals surface area contributed by atoms with Gasteiger partial charge in [0.15, 0.2) is 0 Å². The smallest absolute Gasteiger partial charge is 0.341 e. The second-order valence-electron chi connectivity index (χ2n) is 6.06. The Morgan fingerprint density at radius 3 is 2.60 bits per heavy atom. The summed E-state index contributed by atoms with van der Waals surface area (Å²) in [7, 11) is 0. The molecule has 0 fully saturated rings. The number of rotatable bonds is 3. The Labute approximate surface area is 144 Å². The SMILES string of the molecule is CCn1cc(C(=O)O)c(=O)c2cc(N)c(-c3cc(C)ncc3C)cc21. The largest absolute Gasteiger partial charge is 0.477 e. The molecule has 0 amide bonds. The maximum atomic E-state index is 12.5. The van der Waals surface area contributed by atoms with E-state index in [1.54, 1.807) is 16.8 Å². The third-order valence-corrected chi connectivity index (χ3v) is 4.35. The van der Waals surface area contributed by atoms with E-state index in [4.69, 9.17) is 5.73 Å². The molecule has 1 aromatic carbocycles. The average Bonchev–Trinajstić information content (AvgIpc) is 2.57. The summed E-state index contributed by atoms with van der Waals surface area (Å²) in [5, 5.41) is 9.57. The van der Waals surface area contributed by atoms with E-state index < -0.39 is 11.4 Å². The quantitative estimate of drug-likeness (QED) is 0.716. The minimum atomic E-state index is -1.24. The average molecular weight is 337 g/mol. The van der Waals surface area contributed by atoms with Gasteiger partial charge in [-0.15, -0.1) is 0 Å². The van der Waals surface area contributed by atoms with Crippen molar-refractivity contribution in [3.05, 3.63) is 57.6 Å². The van der Waals surface area contributed by atoms with E-state index in [1.165, 1.54) is 6.20 Å². The van der Waals surface area contributed by atoms with E-state index in [-0.39, 0.29) is 5.56 Å². The number of nitrogens with two attached hydrogens (primary N) is 1. The number of benzene rings is 1. The van der Waals surface area contributed by atoms with Crippen molar-refractivity contribution in [3.8, 4) is 11.1 Å². The number of aryl methyl sites for hydroxylation is 3. The first-order chi connectivity index (χ1) is 11.8. The molecule has 0 unspecified atom stereocenters. The van der Waals surface area contributed by atoms with Crippen LogP contribution >= 0.6 is 0 Å². The van der Waals surface area contributed by atoms with E-state index in [0.29, 0.717) is 23.1 Å². The van der Waals surface area contributed by atoms with Crippen molar-refractivity contribution in [2.75, 3.05) is 5.73 Å². The molecular weight excluding hydrogens is 318 g/mol. The van der Waals surface area contributed by atoms with Gasteiger partial charge >= 0.3 is 5.97 Å². The monoisotopic (exact) mass is 337 g/mol. The number of nitrogen functional groups attached to an aromatic ring is 1. The fourth-order valence-electron chi connectivity index (χ4n) is 3.02. The van der Waals surface area contributed by atoms with Crippen molar-refractivity contribution in [2.45, 2.75) is 27.3 Å². The molecule has 25 heavy (non-hydrogen) atoms. The number of nitrogens with zero attached hydrogens (tertiary/aromatic N) is 2. The van der Waals surface area contributed by atoms with Gasteiger partial charge in [-0.1, -0.05) is 0 Å². The molecule has 2 aromatic heterocycles. The van der Waals surface area contributed by atoms with Crippen LogP contribution in [0.2, 0.25) is 0 Å². The van der Waals surface area contributed by atoms with Crippen molar-refractivity contribution in [1.29, 1.82) is 0 Å². The molecule has 0 aliphatic carbocycles. The van der Waals surface area contributed by atoms with Gasteiger partial charge < -0.3 is 15.4 Å². The first-order valence-electron chi connectivity index (χ1n) is 7.97. The molecule has 0 bridgehead atoms. The number of aromatic carboxylic acids is 1. The summed E-state index contributed by atoms with van der Waals surface area (Å²) < 4.78 is 1.76. The Morgan fingerprint density at radius 2 is 1.96 bits per heavy atom. The Morgan fingerprint density at radius 1 is 1.24 bits per heavy atom. The van der Waals surface area contributed by atoms with Crippen LogP contribution in [0.5, 0.6) is 0 Å². The molecule has 0 saturated heterocycles. The second kappa shape index (κ2) is 6.05. The highest BCUT2D eigenvalue weighted by Crippen LogP contribution is 2.32. The normalized spacial score (nSPS) is 11.0. The van der Waals surface area contributed by atoms with Crippen molar-refractivity contribution in [2.24, 2.45) is 0 Å². The van der Waals surface area contributed by atoms with E-state index in [2.05, 4.69) is 4.98 Å². The summed E-state index contributed by atoms with van der Waals surface area (Å²) in [5.74, 6) is -1.24. The lowest BCUT2D eigenvalue weighted by Gasteiger charge is -2.15. The van der Waals surface area contributed by atoms with Crippen molar-refractivity contribution < 1.29 is 9.90 Å². The van der Waals surface area contributed by atoms with Crippen molar-refractivity contribution in [3.63, 3.8) is 0 Å². The zero-order valence-electron chi connectivity index (χ0n) is 14.3. The van der Waals surface area contributed by atoms with Gasteiger partial charge in [-0.2, -0.15) is 0 Å². The van der Waals surface area contributed by atoms with Crippen LogP contribution in [0, 0.1) is 13.8 Å². The van der Waals surface area contributed by atoms with Gasteiger partial charge in [0, 0.05) is 41.3 Å². The van der Waals surface area contributed by atoms with Crippen LogP contribution < -0.4 is 11.2 Å². The molecule has 6 nitrogen and oxygen atoms in total. The van der Waals surface area contributed by atoms with Gasteiger partial charge in [-0.3, -0.25) is 9.78 Å². The Bertz CT molecular complexity index is 1070. The number of aromatic nitrogens is 2. The lowest BCUT2D eigenvalue weighted by Crippen LogP contribution is -2.19. The highest BCUT2D eigenvalue weighted by atomic mass is 16.4. The van der Waals surface area contributed by atoms with Crippen LogP contribution in [-0.2, 0) is 6.54 Å². The molecule has 2 heterocycles. The van der Waals surface area contributed by atoms with E-state index >= 15 is 0 Å². The summed E-state index contributed by atoms with van der Waals surface area (Å²) in [6, 6.07) is 5.37. The number of carbonyl (C=O) groups is 1. The molecule has 3 N–H and O–H groups in total. The fraction of sp³-hybridized carbons (Fsp3) is 0.211. The van der Waals surface area contributed by atoms with Gasteiger partial charge in [0.1, 0.15) is 5.56 Å². The number of pyridine rings is 2. The predicted molar refractivity (Wildman–Crippen MR) is 98.0 cm³/mol. The number of carboxylic acid groups (broad SMARTS) is 1. The second-order valence-corrected chi connectivity index (χ2v) is 6.06. The predicted octanol–water partition coefficient (Wildman–Crippen LogP) is 2.98. The van der Waals surface area contributed by atoms with E-state index in [9.17, 15) is 14.7 Å². The van der Waals surface area contributed by atoms with Crippen LogP contribution in [-0.4, -0.2) is 20.6 Å². The van der Waals surface area contributed by atoms with Crippen molar-refractivity contribution in [1.82, 2.24) is 9.55 Å². The van der Waals surface area contributed by atoms with Crippen LogP contribution in [0.15, 0.2) is 35.4 Å². The number of anilines is 1. The molecule has 0 spiro atoms. The van der Waals surface area contributed by atoms with Gasteiger partial charge in [0.2, 0.25) is 5.43 Å². The number of hydrogen-bond acceptors (Lipinski definition) is 4.